The Morgan fingerprint density at radius 3 is 2.86 bits per heavy atom. The largest absolute Gasteiger partial charge is 0.309 e. The predicted molar refractivity (Wildman–Crippen MR) is 102 cm³/mol. The summed E-state index contributed by atoms with van der Waals surface area (Å²) in [5.74, 6) is 0.298. The van der Waals surface area contributed by atoms with Gasteiger partial charge in [0, 0.05) is 12.1 Å². The molecule has 140 valence electrons. The van der Waals surface area contributed by atoms with Crippen molar-refractivity contribution in [1.82, 2.24) is 34.5 Å². The van der Waals surface area contributed by atoms with Gasteiger partial charge in [-0.05, 0) is 24.4 Å². The lowest BCUT2D eigenvalue weighted by atomic mass is 10.3. The van der Waals surface area contributed by atoms with Crippen molar-refractivity contribution >= 4 is 23.1 Å². The van der Waals surface area contributed by atoms with E-state index in [1.54, 1.807) is 19.1 Å². The van der Waals surface area contributed by atoms with E-state index >= 15 is 0 Å². The maximum atomic E-state index is 12.7. The molecule has 1 N–H and O–H groups in total. The normalized spacial score (nSPS) is 11.9. The molecular formula is C17H14N8O2S. The Morgan fingerprint density at radius 2 is 2.11 bits per heavy atom. The van der Waals surface area contributed by atoms with Crippen molar-refractivity contribution in [2.24, 2.45) is 0 Å². The van der Waals surface area contributed by atoms with Gasteiger partial charge in [0.1, 0.15) is 36.5 Å². The van der Waals surface area contributed by atoms with Gasteiger partial charge in [0.2, 0.25) is 5.91 Å². The van der Waals surface area contributed by atoms with E-state index in [4.69, 9.17) is 0 Å². The van der Waals surface area contributed by atoms with Crippen LogP contribution in [0.4, 0.5) is 5.82 Å². The first kappa shape index (κ1) is 17.7. The molecule has 4 rings (SSSR count). The third kappa shape index (κ3) is 3.55. The minimum atomic E-state index is -0.836. The van der Waals surface area contributed by atoms with E-state index in [9.17, 15) is 9.59 Å². The number of hydrogen-bond donors (Lipinski definition) is 1. The van der Waals surface area contributed by atoms with Gasteiger partial charge >= 0.3 is 0 Å². The summed E-state index contributed by atoms with van der Waals surface area (Å²) in [4.78, 5) is 37.8. The van der Waals surface area contributed by atoms with Crippen LogP contribution < -0.4 is 10.9 Å². The van der Waals surface area contributed by atoms with Crippen molar-refractivity contribution in [1.29, 1.82) is 0 Å². The Kier molecular flexibility index (Phi) is 4.72. The molecule has 0 saturated carbocycles. The molecule has 0 saturated heterocycles. The number of nitrogens with zero attached hydrogens (tertiary/aromatic N) is 7. The second kappa shape index (κ2) is 7.48. The average molecular weight is 394 g/mol. The molecule has 0 aliphatic rings. The number of amides is 1. The van der Waals surface area contributed by atoms with Gasteiger partial charge in [-0.1, -0.05) is 6.07 Å². The molecule has 4 aromatic heterocycles. The fourth-order valence-corrected chi connectivity index (χ4v) is 3.16. The van der Waals surface area contributed by atoms with Crippen molar-refractivity contribution in [2.45, 2.75) is 13.0 Å². The van der Waals surface area contributed by atoms with Crippen LogP contribution in [0.5, 0.6) is 0 Å². The second-order valence-electron chi connectivity index (χ2n) is 5.75. The fraction of sp³-hybridized carbons (Fsp3) is 0.118. The highest BCUT2D eigenvalue weighted by atomic mass is 32.1. The zero-order valence-electron chi connectivity index (χ0n) is 14.6. The lowest BCUT2D eigenvalue weighted by Gasteiger charge is -2.14. The van der Waals surface area contributed by atoms with E-state index in [0.717, 1.165) is 9.56 Å². The molecule has 11 heteroatoms. The van der Waals surface area contributed by atoms with Crippen molar-refractivity contribution < 1.29 is 4.79 Å². The van der Waals surface area contributed by atoms with Gasteiger partial charge in [-0.2, -0.15) is 10.2 Å². The van der Waals surface area contributed by atoms with E-state index in [2.05, 4.69) is 30.5 Å². The quantitative estimate of drug-likeness (QED) is 0.545. The Labute approximate surface area is 162 Å². The zero-order chi connectivity index (χ0) is 19.5. The highest BCUT2D eigenvalue weighted by Crippen LogP contribution is 2.21. The molecule has 0 aliphatic carbocycles. The summed E-state index contributed by atoms with van der Waals surface area (Å²) in [6.45, 7) is 1.60. The van der Waals surface area contributed by atoms with Crippen LogP contribution in [0.1, 0.15) is 13.0 Å². The molecule has 4 heterocycles. The molecule has 0 fully saturated rings. The molecule has 0 aromatic carbocycles. The standard InChI is InChI=1S/C17H14N8O2S/c1-11(25-16(26)5-4-12(23-25)13-3-2-6-28-13)17(27)22-14-7-15(20-9-19-14)24-10-18-8-21-24/h2-11H,1H3,(H,19,20,22,27). The van der Waals surface area contributed by atoms with Gasteiger partial charge < -0.3 is 5.32 Å². The molecule has 0 aliphatic heterocycles. The molecule has 4 aromatic rings. The van der Waals surface area contributed by atoms with E-state index < -0.39 is 11.9 Å². The topological polar surface area (TPSA) is 120 Å². The lowest BCUT2D eigenvalue weighted by Crippen LogP contribution is -2.33. The number of carbonyl (C=O) groups is 1. The average Bonchev–Trinajstić information content (AvgIpc) is 3.42. The van der Waals surface area contributed by atoms with E-state index in [1.807, 2.05) is 17.5 Å². The van der Waals surface area contributed by atoms with E-state index in [1.165, 1.54) is 41.1 Å². The number of rotatable bonds is 5. The summed E-state index contributed by atoms with van der Waals surface area (Å²) >= 11 is 1.50. The zero-order valence-corrected chi connectivity index (χ0v) is 15.4. The number of thiophene rings is 1. The van der Waals surface area contributed by atoms with Crippen LogP contribution in [-0.4, -0.2) is 40.4 Å². The molecule has 28 heavy (non-hydrogen) atoms. The fourth-order valence-electron chi connectivity index (χ4n) is 2.47. The van der Waals surface area contributed by atoms with E-state index in [0.29, 0.717) is 11.5 Å². The number of aromatic nitrogens is 7. The van der Waals surface area contributed by atoms with Crippen LogP contribution in [0.25, 0.3) is 16.4 Å². The summed E-state index contributed by atoms with van der Waals surface area (Å²) < 4.78 is 2.60. The van der Waals surface area contributed by atoms with Crippen LogP contribution in [0, 0.1) is 0 Å². The third-order valence-electron chi connectivity index (χ3n) is 3.90. The monoisotopic (exact) mass is 394 g/mol. The van der Waals surface area contributed by atoms with Gasteiger partial charge in [-0.3, -0.25) is 9.59 Å². The first-order valence-electron chi connectivity index (χ1n) is 8.23. The Bertz CT molecular complexity index is 1150. The maximum Gasteiger partial charge on any atom is 0.267 e. The van der Waals surface area contributed by atoms with Crippen LogP contribution in [0.15, 0.2) is 59.5 Å². The SMILES string of the molecule is CC(C(=O)Nc1cc(-n2cncn2)ncn1)n1nc(-c2cccs2)ccc1=O. The lowest BCUT2D eigenvalue weighted by molar-refractivity contribution is -0.119. The van der Waals surface area contributed by atoms with Gasteiger partial charge in [0.05, 0.1) is 4.88 Å². The molecule has 1 amide bonds. The van der Waals surface area contributed by atoms with Crippen LogP contribution in [0.3, 0.4) is 0 Å². The molecule has 1 atom stereocenters. The molecule has 1 unspecified atom stereocenters. The Hall–Kier alpha value is -3.73. The minimum absolute atomic E-state index is 0.278. The summed E-state index contributed by atoms with van der Waals surface area (Å²) in [6.07, 6.45) is 4.16. The highest BCUT2D eigenvalue weighted by Gasteiger charge is 2.19. The molecular weight excluding hydrogens is 380 g/mol. The predicted octanol–water partition coefficient (Wildman–Crippen LogP) is 1.54. The van der Waals surface area contributed by atoms with Crippen molar-refractivity contribution in [3.05, 3.63) is 65.0 Å². The number of hydrogen-bond acceptors (Lipinski definition) is 8. The van der Waals surface area contributed by atoms with Crippen LogP contribution >= 0.6 is 11.3 Å². The molecule has 0 spiro atoms. The van der Waals surface area contributed by atoms with Crippen molar-refractivity contribution in [3.8, 4) is 16.4 Å². The number of carbonyl (C=O) groups excluding carboxylic acids is 1. The summed E-state index contributed by atoms with van der Waals surface area (Å²) in [5.41, 5.74) is 0.263. The highest BCUT2D eigenvalue weighted by molar-refractivity contribution is 7.13. The summed E-state index contributed by atoms with van der Waals surface area (Å²) in [7, 11) is 0. The second-order valence-corrected chi connectivity index (χ2v) is 6.69. The van der Waals surface area contributed by atoms with Crippen LogP contribution in [0.2, 0.25) is 0 Å². The van der Waals surface area contributed by atoms with Gasteiger partial charge in [-0.25, -0.2) is 24.3 Å². The molecule has 0 radical (unpaired) electrons. The number of anilines is 1. The van der Waals surface area contributed by atoms with Gasteiger partial charge in [-0.15, -0.1) is 11.3 Å². The minimum Gasteiger partial charge on any atom is -0.309 e. The van der Waals surface area contributed by atoms with Crippen molar-refractivity contribution in [3.63, 3.8) is 0 Å². The smallest absolute Gasteiger partial charge is 0.267 e. The molecule has 10 nitrogen and oxygen atoms in total. The van der Waals surface area contributed by atoms with Gasteiger partial charge in [0.25, 0.3) is 5.56 Å². The third-order valence-corrected chi connectivity index (χ3v) is 4.79. The van der Waals surface area contributed by atoms with Crippen LogP contribution in [-0.2, 0) is 4.79 Å². The summed E-state index contributed by atoms with van der Waals surface area (Å²) in [5, 5.41) is 12.9. The Balaban J connectivity index is 1.57. The molecule has 0 bridgehead atoms. The maximum absolute atomic E-state index is 12.7. The Morgan fingerprint density at radius 1 is 1.21 bits per heavy atom. The first-order chi connectivity index (χ1) is 13.6. The van der Waals surface area contributed by atoms with E-state index in [-0.39, 0.29) is 11.4 Å². The summed E-state index contributed by atoms with van der Waals surface area (Å²) in [6, 6.07) is 7.56. The first-order valence-corrected chi connectivity index (χ1v) is 9.11. The van der Waals surface area contributed by atoms with Crippen molar-refractivity contribution in [2.75, 3.05) is 5.32 Å². The van der Waals surface area contributed by atoms with Gasteiger partial charge in [0.15, 0.2) is 5.82 Å². The number of nitrogens with one attached hydrogen (secondary N) is 1.